The standard InChI is InChI=1S/C12H17N3S/c1-10-11(6-7-13)16-12(14-10)15-8-4-2-3-5-9-15/h2-6,8-9H2,1H3. The van der Waals surface area contributed by atoms with Crippen LogP contribution in [0.4, 0.5) is 5.13 Å². The van der Waals surface area contributed by atoms with Gasteiger partial charge >= 0.3 is 0 Å². The lowest BCUT2D eigenvalue weighted by Crippen LogP contribution is -2.23. The molecule has 1 aromatic rings. The number of hydrogen-bond donors (Lipinski definition) is 0. The van der Waals surface area contributed by atoms with Gasteiger partial charge in [-0.3, -0.25) is 0 Å². The summed E-state index contributed by atoms with van der Waals surface area (Å²) in [6.07, 6.45) is 5.72. The fourth-order valence-electron chi connectivity index (χ4n) is 2.05. The van der Waals surface area contributed by atoms with Gasteiger partial charge in [0.1, 0.15) is 0 Å². The predicted octanol–water partition coefficient (Wildman–Crippen LogP) is 2.90. The maximum Gasteiger partial charge on any atom is 0.185 e. The molecular weight excluding hydrogens is 218 g/mol. The molecule has 0 spiro atoms. The first-order valence-corrected chi connectivity index (χ1v) is 6.71. The Balaban J connectivity index is 2.13. The maximum absolute atomic E-state index is 8.72. The van der Waals surface area contributed by atoms with E-state index in [2.05, 4.69) is 16.0 Å². The van der Waals surface area contributed by atoms with Crippen LogP contribution in [0, 0.1) is 18.3 Å². The number of thiazole rings is 1. The van der Waals surface area contributed by atoms with Crippen molar-refractivity contribution in [2.45, 2.75) is 39.0 Å². The molecule has 0 N–H and O–H groups in total. The Morgan fingerprint density at radius 2 is 2.00 bits per heavy atom. The Bertz CT molecular complexity index is 383. The molecule has 1 fully saturated rings. The van der Waals surface area contributed by atoms with Gasteiger partial charge in [0.2, 0.25) is 0 Å². The predicted molar refractivity (Wildman–Crippen MR) is 66.8 cm³/mol. The molecule has 0 amide bonds. The summed E-state index contributed by atoms with van der Waals surface area (Å²) >= 11 is 1.69. The van der Waals surface area contributed by atoms with Crippen molar-refractivity contribution in [1.82, 2.24) is 4.98 Å². The van der Waals surface area contributed by atoms with Crippen LogP contribution in [0.5, 0.6) is 0 Å². The third kappa shape index (κ3) is 2.53. The van der Waals surface area contributed by atoms with Gasteiger partial charge in [0, 0.05) is 18.0 Å². The summed E-state index contributed by atoms with van der Waals surface area (Å²) < 4.78 is 0. The molecule has 1 aliphatic rings. The number of nitriles is 1. The second-order valence-electron chi connectivity index (χ2n) is 4.24. The van der Waals surface area contributed by atoms with Crippen LogP contribution in [0.3, 0.4) is 0 Å². The van der Waals surface area contributed by atoms with E-state index in [-0.39, 0.29) is 0 Å². The number of aromatic nitrogens is 1. The van der Waals surface area contributed by atoms with E-state index < -0.39 is 0 Å². The first-order chi connectivity index (χ1) is 7.81. The Morgan fingerprint density at radius 1 is 1.31 bits per heavy atom. The van der Waals surface area contributed by atoms with Crippen molar-refractivity contribution >= 4 is 16.5 Å². The van der Waals surface area contributed by atoms with Crippen molar-refractivity contribution in [2.24, 2.45) is 0 Å². The first kappa shape index (κ1) is 11.4. The number of aryl methyl sites for hydroxylation is 1. The molecular formula is C12H17N3S. The van der Waals surface area contributed by atoms with Crippen LogP contribution in [0.15, 0.2) is 0 Å². The van der Waals surface area contributed by atoms with Gasteiger partial charge in [0.25, 0.3) is 0 Å². The van der Waals surface area contributed by atoms with E-state index in [1.165, 1.54) is 25.7 Å². The van der Waals surface area contributed by atoms with Gasteiger partial charge in [0.15, 0.2) is 5.13 Å². The van der Waals surface area contributed by atoms with Gasteiger partial charge < -0.3 is 4.90 Å². The molecule has 1 aliphatic heterocycles. The second-order valence-corrected chi connectivity index (χ2v) is 5.30. The van der Waals surface area contributed by atoms with E-state index >= 15 is 0 Å². The molecule has 1 aromatic heterocycles. The molecule has 1 saturated heterocycles. The van der Waals surface area contributed by atoms with Crippen LogP contribution in [0.1, 0.15) is 36.3 Å². The zero-order chi connectivity index (χ0) is 11.4. The number of hydrogen-bond acceptors (Lipinski definition) is 4. The van der Waals surface area contributed by atoms with Gasteiger partial charge in [-0.2, -0.15) is 5.26 Å². The minimum atomic E-state index is 0.497. The molecule has 3 nitrogen and oxygen atoms in total. The Hall–Kier alpha value is -1.08. The molecule has 2 rings (SSSR count). The van der Waals surface area contributed by atoms with Crippen molar-refractivity contribution in [2.75, 3.05) is 18.0 Å². The van der Waals surface area contributed by atoms with Crippen LogP contribution < -0.4 is 4.90 Å². The number of nitrogens with zero attached hydrogens (tertiary/aromatic N) is 3. The molecule has 0 radical (unpaired) electrons. The van der Waals surface area contributed by atoms with Gasteiger partial charge in [-0.05, 0) is 19.8 Å². The highest BCUT2D eigenvalue weighted by molar-refractivity contribution is 7.15. The molecule has 0 aliphatic carbocycles. The van der Waals surface area contributed by atoms with Crippen LogP contribution in [0.2, 0.25) is 0 Å². The monoisotopic (exact) mass is 235 g/mol. The third-order valence-corrected chi connectivity index (χ3v) is 4.22. The van der Waals surface area contributed by atoms with Crippen LogP contribution in [-0.2, 0) is 6.42 Å². The molecule has 0 bridgehead atoms. The van der Waals surface area contributed by atoms with Gasteiger partial charge in [0.05, 0.1) is 18.2 Å². The van der Waals surface area contributed by atoms with E-state index in [1.807, 2.05) is 6.92 Å². The maximum atomic E-state index is 8.72. The fraction of sp³-hybridized carbons (Fsp3) is 0.667. The summed E-state index contributed by atoms with van der Waals surface area (Å²) in [5, 5.41) is 9.84. The molecule has 16 heavy (non-hydrogen) atoms. The largest absolute Gasteiger partial charge is 0.348 e. The molecule has 0 unspecified atom stereocenters. The van der Waals surface area contributed by atoms with Crippen molar-refractivity contribution in [3.8, 4) is 6.07 Å². The van der Waals surface area contributed by atoms with Gasteiger partial charge in [-0.25, -0.2) is 4.98 Å². The molecule has 86 valence electrons. The highest BCUT2D eigenvalue weighted by Crippen LogP contribution is 2.28. The summed E-state index contributed by atoms with van der Waals surface area (Å²) in [7, 11) is 0. The average molecular weight is 235 g/mol. The minimum Gasteiger partial charge on any atom is -0.348 e. The summed E-state index contributed by atoms with van der Waals surface area (Å²) in [5.74, 6) is 0. The first-order valence-electron chi connectivity index (χ1n) is 5.89. The molecule has 4 heteroatoms. The molecule has 0 aromatic carbocycles. The lowest BCUT2D eigenvalue weighted by molar-refractivity contribution is 0.726. The average Bonchev–Trinajstić information content (AvgIpc) is 2.54. The van der Waals surface area contributed by atoms with Crippen molar-refractivity contribution in [3.05, 3.63) is 10.6 Å². The van der Waals surface area contributed by atoms with E-state index in [0.29, 0.717) is 6.42 Å². The quantitative estimate of drug-likeness (QED) is 0.791. The van der Waals surface area contributed by atoms with Crippen LogP contribution in [0.25, 0.3) is 0 Å². The van der Waals surface area contributed by atoms with Crippen molar-refractivity contribution in [1.29, 1.82) is 5.26 Å². The van der Waals surface area contributed by atoms with Crippen molar-refractivity contribution in [3.63, 3.8) is 0 Å². The number of anilines is 1. The lowest BCUT2D eigenvalue weighted by Gasteiger charge is -2.18. The van der Waals surface area contributed by atoms with E-state index in [4.69, 9.17) is 5.26 Å². The van der Waals surface area contributed by atoms with Gasteiger partial charge in [-0.1, -0.05) is 12.8 Å². The highest BCUT2D eigenvalue weighted by atomic mass is 32.1. The van der Waals surface area contributed by atoms with Crippen LogP contribution in [-0.4, -0.2) is 18.1 Å². The summed E-state index contributed by atoms with van der Waals surface area (Å²) in [6, 6.07) is 2.21. The van der Waals surface area contributed by atoms with E-state index in [9.17, 15) is 0 Å². The molecule has 0 atom stereocenters. The van der Waals surface area contributed by atoms with E-state index in [0.717, 1.165) is 28.8 Å². The summed E-state index contributed by atoms with van der Waals surface area (Å²) in [6.45, 7) is 4.25. The third-order valence-electron chi connectivity index (χ3n) is 3.00. The normalized spacial score (nSPS) is 16.9. The Kier molecular flexibility index (Phi) is 3.79. The number of rotatable bonds is 2. The summed E-state index contributed by atoms with van der Waals surface area (Å²) in [5.41, 5.74) is 1.03. The minimum absolute atomic E-state index is 0.497. The lowest BCUT2D eigenvalue weighted by atomic mass is 10.2. The fourth-order valence-corrected chi connectivity index (χ4v) is 3.09. The zero-order valence-corrected chi connectivity index (χ0v) is 10.5. The molecule has 2 heterocycles. The topological polar surface area (TPSA) is 39.9 Å². The summed E-state index contributed by atoms with van der Waals surface area (Å²) in [4.78, 5) is 8.10. The second kappa shape index (κ2) is 5.31. The van der Waals surface area contributed by atoms with Crippen molar-refractivity contribution < 1.29 is 0 Å². The molecule has 0 saturated carbocycles. The smallest absolute Gasteiger partial charge is 0.185 e. The van der Waals surface area contributed by atoms with Gasteiger partial charge in [-0.15, -0.1) is 11.3 Å². The van der Waals surface area contributed by atoms with Crippen LogP contribution >= 0.6 is 11.3 Å². The SMILES string of the molecule is Cc1nc(N2CCCCCC2)sc1CC#N. The zero-order valence-electron chi connectivity index (χ0n) is 9.70. The van der Waals surface area contributed by atoms with E-state index in [1.54, 1.807) is 11.3 Å². The Morgan fingerprint density at radius 3 is 2.62 bits per heavy atom. The highest BCUT2D eigenvalue weighted by Gasteiger charge is 2.15. The Labute approximate surface area is 101 Å².